The molecule has 2 amide bonds. The van der Waals surface area contributed by atoms with Crippen LogP contribution in [0.4, 0.5) is 0 Å². The molecule has 0 radical (unpaired) electrons. The second-order valence-corrected chi connectivity index (χ2v) is 12.6. The summed E-state index contributed by atoms with van der Waals surface area (Å²) in [6.45, 7) is 0.121. The number of terminal acetylenes is 1. The SMILES string of the molecule is C#C/C=C(Cl)\C=C/C[C@H]1[C@H](C(=O)NCc2ncccc2OC)c2ccccc2C(=O)N1[C@H]1CCCC[C@@H]1NS(C)(=O)=O. The Kier molecular flexibility index (Phi) is 10.4. The fourth-order valence-corrected chi connectivity index (χ4v) is 6.89. The van der Waals surface area contributed by atoms with Gasteiger partial charge in [0.15, 0.2) is 0 Å². The van der Waals surface area contributed by atoms with Gasteiger partial charge in [-0.1, -0.05) is 54.6 Å². The van der Waals surface area contributed by atoms with Gasteiger partial charge in [0.05, 0.1) is 31.9 Å². The summed E-state index contributed by atoms with van der Waals surface area (Å²) in [7, 11) is -2.01. The third-order valence-electron chi connectivity index (χ3n) is 7.61. The molecular formula is C31H35ClN4O5S. The monoisotopic (exact) mass is 610 g/mol. The van der Waals surface area contributed by atoms with E-state index in [2.05, 4.69) is 20.9 Å². The number of methoxy groups -OCH3 is 1. The Balaban J connectivity index is 1.77. The van der Waals surface area contributed by atoms with Crippen LogP contribution in [0.1, 0.15) is 59.6 Å². The second kappa shape index (κ2) is 14.0. The third kappa shape index (κ3) is 7.40. The van der Waals surface area contributed by atoms with E-state index in [0.717, 1.165) is 19.1 Å². The van der Waals surface area contributed by atoms with Crippen molar-refractivity contribution in [1.29, 1.82) is 0 Å². The van der Waals surface area contributed by atoms with Crippen molar-refractivity contribution in [2.45, 2.75) is 62.7 Å². The van der Waals surface area contributed by atoms with Crippen molar-refractivity contribution in [1.82, 2.24) is 19.9 Å². The first-order valence-corrected chi connectivity index (χ1v) is 16.0. The highest BCUT2D eigenvalue weighted by Crippen LogP contribution is 2.40. The summed E-state index contributed by atoms with van der Waals surface area (Å²) < 4.78 is 32.7. The van der Waals surface area contributed by atoms with Crippen LogP contribution in [0.2, 0.25) is 0 Å². The molecule has 0 unspecified atom stereocenters. The van der Waals surface area contributed by atoms with Gasteiger partial charge in [-0.3, -0.25) is 14.6 Å². The standard InChI is InChI=1S/C31H35ClN4O5S/c1-4-11-21(32)12-9-17-27-29(30(37)34-20-25-28(41-2)18-10-19-33-25)22-13-5-6-14-23(22)31(38)36(27)26-16-8-7-15-24(26)35-42(3,39)40/h1,5-6,9-14,18-19,24,26-27,29,35H,7-8,15-17,20H2,2-3H3,(H,34,37)/b12-9-,21-11+/t24-,26-,27-,29+/m0/s1. The molecule has 9 nitrogen and oxygen atoms in total. The molecular weight excluding hydrogens is 576 g/mol. The van der Waals surface area contributed by atoms with Gasteiger partial charge in [0.25, 0.3) is 5.91 Å². The van der Waals surface area contributed by atoms with E-state index in [0.29, 0.717) is 40.4 Å². The number of halogens is 1. The van der Waals surface area contributed by atoms with Crippen LogP contribution < -0.4 is 14.8 Å². The number of carbonyl (C=O) groups excluding carboxylic acids is 2. The van der Waals surface area contributed by atoms with Crippen molar-refractivity contribution in [3.8, 4) is 18.1 Å². The number of pyridine rings is 1. The Morgan fingerprint density at radius 1 is 1.24 bits per heavy atom. The first kappa shape index (κ1) is 31.3. The Labute approximate surface area is 252 Å². The molecule has 1 aromatic carbocycles. The van der Waals surface area contributed by atoms with E-state index in [1.165, 1.54) is 13.2 Å². The molecule has 222 valence electrons. The predicted octanol–water partition coefficient (Wildman–Crippen LogP) is 3.88. The smallest absolute Gasteiger partial charge is 0.254 e. The van der Waals surface area contributed by atoms with E-state index in [-0.39, 0.29) is 24.8 Å². The van der Waals surface area contributed by atoms with Crippen LogP contribution in [0.15, 0.2) is 65.9 Å². The van der Waals surface area contributed by atoms with Crippen molar-refractivity contribution in [3.63, 3.8) is 0 Å². The average Bonchev–Trinajstić information content (AvgIpc) is 2.96. The van der Waals surface area contributed by atoms with Crippen molar-refractivity contribution in [3.05, 3.63) is 82.7 Å². The van der Waals surface area contributed by atoms with Gasteiger partial charge >= 0.3 is 0 Å². The molecule has 4 atom stereocenters. The Bertz CT molecular complexity index is 1520. The number of aromatic nitrogens is 1. The van der Waals surface area contributed by atoms with Crippen molar-refractivity contribution >= 4 is 33.4 Å². The molecule has 11 heteroatoms. The van der Waals surface area contributed by atoms with E-state index in [1.54, 1.807) is 59.6 Å². The highest BCUT2D eigenvalue weighted by atomic mass is 35.5. The summed E-state index contributed by atoms with van der Waals surface area (Å²) in [5, 5.41) is 3.34. The lowest BCUT2D eigenvalue weighted by atomic mass is 9.77. The number of nitrogens with one attached hydrogen (secondary N) is 2. The van der Waals surface area contributed by atoms with E-state index >= 15 is 0 Å². The molecule has 0 bridgehead atoms. The number of amides is 2. The summed E-state index contributed by atoms with van der Waals surface area (Å²) in [5.41, 5.74) is 1.59. The van der Waals surface area contributed by atoms with Crippen LogP contribution in [0.3, 0.4) is 0 Å². The number of benzene rings is 1. The van der Waals surface area contributed by atoms with Crippen LogP contribution in [0, 0.1) is 12.3 Å². The van der Waals surface area contributed by atoms with Crippen LogP contribution in [0.25, 0.3) is 0 Å². The van der Waals surface area contributed by atoms with Gasteiger partial charge in [-0.15, -0.1) is 6.42 Å². The van der Waals surface area contributed by atoms with Crippen molar-refractivity contribution in [2.75, 3.05) is 13.4 Å². The number of nitrogens with zero attached hydrogens (tertiary/aromatic N) is 2. The number of hydrogen-bond donors (Lipinski definition) is 2. The van der Waals surface area contributed by atoms with Gasteiger partial charge in [-0.05, 0) is 49.1 Å². The van der Waals surface area contributed by atoms with Gasteiger partial charge in [0, 0.05) is 35.0 Å². The highest BCUT2D eigenvalue weighted by Gasteiger charge is 2.47. The molecule has 1 aliphatic heterocycles. The second-order valence-electron chi connectivity index (χ2n) is 10.4. The minimum atomic E-state index is -3.54. The van der Waals surface area contributed by atoms with Crippen LogP contribution in [-0.4, -0.2) is 61.6 Å². The minimum Gasteiger partial charge on any atom is -0.495 e. The molecule has 1 fully saturated rings. The third-order valence-corrected chi connectivity index (χ3v) is 8.58. The van der Waals surface area contributed by atoms with E-state index in [4.69, 9.17) is 22.8 Å². The Hall–Kier alpha value is -3.65. The van der Waals surface area contributed by atoms with Crippen LogP contribution in [0.5, 0.6) is 5.75 Å². The van der Waals surface area contributed by atoms with Gasteiger partial charge in [-0.25, -0.2) is 13.1 Å². The zero-order valence-corrected chi connectivity index (χ0v) is 25.2. The number of ether oxygens (including phenoxy) is 1. The first-order chi connectivity index (χ1) is 20.1. The lowest BCUT2D eigenvalue weighted by Gasteiger charge is -2.48. The Morgan fingerprint density at radius 2 is 2.00 bits per heavy atom. The van der Waals surface area contributed by atoms with Crippen LogP contribution in [-0.2, 0) is 21.4 Å². The molecule has 1 aliphatic carbocycles. The molecule has 0 spiro atoms. The predicted molar refractivity (Wildman–Crippen MR) is 162 cm³/mol. The maximum absolute atomic E-state index is 14.2. The maximum atomic E-state index is 14.2. The summed E-state index contributed by atoms with van der Waals surface area (Å²) >= 11 is 6.21. The Morgan fingerprint density at radius 3 is 2.74 bits per heavy atom. The molecule has 42 heavy (non-hydrogen) atoms. The molecule has 2 aliphatic rings. The first-order valence-electron chi connectivity index (χ1n) is 13.8. The minimum absolute atomic E-state index is 0.121. The fraction of sp³-hybridized carbons (Fsp3) is 0.387. The van der Waals surface area contributed by atoms with E-state index in [1.807, 2.05) is 0 Å². The van der Waals surface area contributed by atoms with Crippen molar-refractivity contribution in [2.24, 2.45) is 0 Å². The zero-order chi connectivity index (χ0) is 30.3. The summed E-state index contributed by atoms with van der Waals surface area (Å²) in [5.74, 6) is 1.64. The zero-order valence-electron chi connectivity index (χ0n) is 23.6. The maximum Gasteiger partial charge on any atom is 0.254 e. The quantitative estimate of drug-likeness (QED) is 0.311. The summed E-state index contributed by atoms with van der Waals surface area (Å²) in [6, 6.07) is 9.03. The van der Waals surface area contributed by atoms with Crippen molar-refractivity contribution < 1.29 is 22.7 Å². The number of hydrogen-bond acceptors (Lipinski definition) is 6. The van der Waals surface area contributed by atoms with E-state index < -0.39 is 34.1 Å². The number of fused-ring (bicyclic) bond motifs is 1. The summed E-state index contributed by atoms with van der Waals surface area (Å²) in [6.07, 6.45) is 16.0. The largest absolute Gasteiger partial charge is 0.495 e. The van der Waals surface area contributed by atoms with Crippen LogP contribution >= 0.6 is 11.6 Å². The highest BCUT2D eigenvalue weighted by molar-refractivity contribution is 7.88. The number of allylic oxidation sites excluding steroid dienone is 3. The van der Waals surface area contributed by atoms with E-state index in [9.17, 15) is 18.0 Å². The average molecular weight is 611 g/mol. The topological polar surface area (TPSA) is 118 Å². The lowest BCUT2D eigenvalue weighted by molar-refractivity contribution is -0.124. The number of rotatable bonds is 10. The number of carbonyl (C=O) groups is 2. The van der Waals surface area contributed by atoms with Gasteiger partial charge in [0.1, 0.15) is 11.4 Å². The molecule has 2 aromatic rings. The normalized spacial score (nSPS) is 22.9. The molecule has 4 rings (SSSR count). The molecule has 2 N–H and O–H groups in total. The van der Waals surface area contributed by atoms with Gasteiger partial charge < -0.3 is 15.0 Å². The molecule has 2 heterocycles. The van der Waals surface area contributed by atoms with Gasteiger partial charge in [-0.2, -0.15) is 0 Å². The molecule has 1 saturated carbocycles. The fourth-order valence-electron chi connectivity index (χ4n) is 5.91. The summed E-state index contributed by atoms with van der Waals surface area (Å²) in [4.78, 5) is 34.3. The number of sulfonamides is 1. The molecule has 0 saturated heterocycles. The van der Waals surface area contributed by atoms with Gasteiger partial charge in [0.2, 0.25) is 15.9 Å². The lowest BCUT2D eigenvalue weighted by Crippen LogP contribution is -2.62. The molecule has 1 aromatic heterocycles.